The number of nitrogens with zero attached hydrogens (tertiary/aromatic N) is 2. The maximum atomic E-state index is 11.7. The molecule has 0 aliphatic carbocycles. The molecule has 2 rings (SSSR count). The number of amides is 1. The van der Waals surface area contributed by atoms with Gasteiger partial charge in [-0.05, 0) is 17.7 Å². The predicted octanol–water partition coefficient (Wildman–Crippen LogP) is 0.574. The molecule has 1 aromatic rings. The summed E-state index contributed by atoms with van der Waals surface area (Å²) in [5.41, 5.74) is 1.13. The van der Waals surface area contributed by atoms with Crippen LogP contribution in [0.1, 0.15) is 18.0 Å². The second-order valence-corrected chi connectivity index (χ2v) is 3.81. The molecule has 4 nitrogen and oxygen atoms in total. The zero-order valence-electron chi connectivity index (χ0n) is 8.81. The van der Waals surface area contributed by atoms with E-state index in [0.29, 0.717) is 6.42 Å². The van der Waals surface area contributed by atoms with Gasteiger partial charge in [-0.15, -0.1) is 0 Å². The Morgan fingerprint density at radius 3 is 2.93 bits per heavy atom. The first-order chi connectivity index (χ1) is 7.27. The summed E-state index contributed by atoms with van der Waals surface area (Å²) < 4.78 is 0. The highest BCUT2D eigenvalue weighted by Gasteiger charge is 2.21. The van der Waals surface area contributed by atoms with E-state index in [0.717, 1.165) is 18.7 Å². The molecule has 0 aromatic carbocycles. The summed E-state index contributed by atoms with van der Waals surface area (Å²) in [5.74, 6) is 0.196. The second kappa shape index (κ2) is 4.40. The molecule has 0 bridgehead atoms. The third-order valence-electron chi connectivity index (χ3n) is 2.75. The Balaban J connectivity index is 2.13. The highest BCUT2D eigenvalue weighted by molar-refractivity contribution is 5.77. The summed E-state index contributed by atoms with van der Waals surface area (Å²) in [6.45, 7) is 1.62. The lowest BCUT2D eigenvalue weighted by molar-refractivity contribution is -0.129. The number of rotatable bonds is 1. The average molecular weight is 205 g/mol. The van der Waals surface area contributed by atoms with Crippen molar-refractivity contribution in [2.24, 2.45) is 0 Å². The van der Waals surface area contributed by atoms with Crippen molar-refractivity contribution in [1.29, 1.82) is 0 Å². The van der Waals surface area contributed by atoms with Crippen molar-refractivity contribution < 1.29 is 4.79 Å². The van der Waals surface area contributed by atoms with Gasteiger partial charge in [-0.25, -0.2) is 0 Å². The zero-order valence-corrected chi connectivity index (χ0v) is 8.81. The van der Waals surface area contributed by atoms with E-state index in [4.69, 9.17) is 0 Å². The lowest BCUT2D eigenvalue weighted by Crippen LogP contribution is -2.27. The molecule has 1 saturated heterocycles. The van der Waals surface area contributed by atoms with Crippen LogP contribution < -0.4 is 5.32 Å². The Morgan fingerprint density at radius 2 is 2.20 bits per heavy atom. The first kappa shape index (κ1) is 10.1. The molecule has 1 atom stereocenters. The summed E-state index contributed by atoms with van der Waals surface area (Å²) in [6.07, 6.45) is 4.05. The molecule has 1 N–H and O–H groups in total. The van der Waals surface area contributed by atoms with Gasteiger partial charge < -0.3 is 10.2 Å². The van der Waals surface area contributed by atoms with Crippen molar-refractivity contribution in [3.05, 3.63) is 30.1 Å². The van der Waals surface area contributed by atoms with E-state index in [1.54, 1.807) is 17.3 Å². The van der Waals surface area contributed by atoms with Crippen LogP contribution in [0, 0.1) is 0 Å². The highest BCUT2D eigenvalue weighted by atomic mass is 16.2. The number of hydrogen-bond acceptors (Lipinski definition) is 3. The fourth-order valence-corrected chi connectivity index (χ4v) is 1.77. The van der Waals surface area contributed by atoms with Crippen LogP contribution in [0.4, 0.5) is 0 Å². The Bertz CT molecular complexity index is 339. The van der Waals surface area contributed by atoms with E-state index in [1.807, 2.05) is 19.2 Å². The van der Waals surface area contributed by atoms with Gasteiger partial charge in [0.05, 0.1) is 0 Å². The summed E-state index contributed by atoms with van der Waals surface area (Å²) in [4.78, 5) is 17.4. The fraction of sp³-hybridized carbons (Fsp3) is 0.455. The standard InChI is InChI=1S/C11H15N3O/c1-14-7-6-13-10(8-11(14)15)9-2-4-12-5-3-9/h2-5,10,13H,6-8H2,1H3. The molecular formula is C11H15N3O. The Hall–Kier alpha value is -1.42. The third kappa shape index (κ3) is 2.33. The molecule has 4 heteroatoms. The molecule has 15 heavy (non-hydrogen) atoms. The molecule has 80 valence electrons. The van der Waals surface area contributed by atoms with Crippen LogP contribution in [0.25, 0.3) is 0 Å². The van der Waals surface area contributed by atoms with Crippen molar-refractivity contribution in [3.63, 3.8) is 0 Å². The van der Waals surface area contributed by atoms with Crippen molar-refractivity contribution in [2.75, 3.05) is 20.1 Å². The molecule has 1 aliphatic heterocycles. The third-order valence-corrected chi connectivity index (χ3v) is 2.75. The molecule has 1 fully saturated rings. The van der Waals surface area contributed by atoms with Gasteiger partial charge in [0.25, 0.3) is 0 Å². The first-order valence-electron chi connectivity index (χ1n) is 5.14. The minimum Gasteiger partial charge on any atom is -0.344 e. The smallest absolute Gasteiger partial charge is 0.224 e. The van der Waals surface area contributed by atoms with E-state index >= 15 is 0 Å². The number of hydrogen-bond donors (Lipinski definition) is 1. The summed E-state index contributed by atoms with van der Waals surface area (Å²) in [5, 5.41) is 3.37. The minimum atomic E-state index is 0.130. The molecule has 2 heterocycles. The molecular weight excluding hydrogens is 190 g/mol. The molecule has 0 spiro atoms. The Labute approximate surface area is 89.3 Å². The largest absolute Gasteiger partial charge is 0.344 e. The summed E-state index contributed by atoms with van der Waals surface area (Å²) in [6, 6.07) is 4.04. The van der Waals surface area contributed by atoms with Gasteiger partial charge in [0.15, 0.2) is 0 Å². The van der Waals surface area contributed by atoms with Gasteiger partial charge in [0.1, 0.15) is 0 Å². The van der Waals surface area contributed by atoms with Gasteiger partial charge >= 0.3 is 0 Å². The maximum absolute atomic E-state index is 11.7. The highest BCUT2D eigenvalue weighted by Crippen LogP contribution is 2.18. The van der Waals surface area contributed by atoms with Crippen molar-refractivity contribution in [3.8, 4) is 0 Å². The Kier molecular flexibility index (Phi) is 2.97. The van der Waals surface area contributed by atoms with Crippen molar-refractivity contribution >= 4 is 5.91 Å². The lowest BCUT2D eigenvalue weighted by Gasteiger charge is -2.14. The SMILES string of the molecule is CN1CCNC(c2ccncc2)CC1=O. The molecule has 1 aromatic heterocycles. The number of pyridine rings is 1. The van der Waals surface area contributed by atoms with Crippen LogP contribution in [0.15, 0.2) is 24.5 Å². The number of carbonyl (C=O) groups is 1. The van der Waals surface area contributed by atoms with Gasteiger partial charge in [0, 0.05) is 45.0 Å². The second-order valence-electron chi connectivity index (χ2n) is 3.81. The topological polar surface area (TPSA) is 45.2 Å². The lowest BCUT2D eigenvalue weighted by atomic mass is 10.1. The van der Waals surface area contributed by atoms with Crippen LogP contribution in [-0.2, 0) is 4.79 Å². The van der Waals surface area contributed by atoms with Crippen LogP contribution in [-0.4, -0.2) is 35.9 Å². The zero-order chi connectivity index (χ0) is 10.7. The monoisotopic (exact) mass is 205 g/mol. The molecule has 1 unspecified atom stereocenters. The van der Waals surface area contributed by atoms with Crippen molar-refractivity contribution in [1.82, 2.24) is 15.2 Å². The van der Waals surface area contributed by atoms with E-state index in [-0.39, 0.29) is 11.9 Å². The van der Waals surface area contributed by atoms with Crippen LogP contribution in [0.2, 0.25) is 0 Å². The van der Waals surface area contributed by atoms with E-state index < -0.39 is 0 Å². The normalized spacial score (nSPS) is 22.6. The van der Waals surface area contributed by atoms with Gasteiger partial charge in [-0.1, -0.05) is 0 Å². The fourth-order valence-electron chi connectivity index (χ4n) is 1.77. The summed E-state index contributed by atoms with van der Waals surface area (Å²) in [7, 11) is 1.85. The molecule has 0 radical (unpaired) electrons. The number of nitrogens with one attached hydrogen (secondary N) is 1. The predicted molar refractivity (Wildman–Crippen MR) is 57.2 cm³/mol. The van der Waals surface area contributed by atoms with E-state index in [9.17, 15) is 4.79 Å². The molecule has 0 saturated carbocycles. The molecule has 1 aliphatic rings. The van der Waals surface area contributed by atoms with Crippen molar-refractivity contribution in [2.45, 2.75) is 12.5 Å². The Morgan fingerprint density at radius 1 is 1.47 bits per heavy atom. The van der Waals surface area contributed by atoms with Crippen LogP contribution in [0.5, 0.6) is 0 Å². The van der Waals surface area contributed by atoms with Gasteiger partial charge in [-0.3, -0.25) is 9.78 Å². The van der Waals surface area contributed by atoms with E-state index in [2.05, 4.69) is 10.3 Å². The average Bonchev–Trinajstić information content (AvgIpc) is 2.43. The van der Waals surface area contributed by atoms with Gasteiger partial charge in [0.2, 0.25) is 5.91 Å². The molecule has 1 amide bonds. The van der Waals surface area contributed by atoms with Gasteiger partial charge in [-0.2, -0.15) is 0 Å². The number of likely N-dealkylation sites (N-methyl/N-ethyl adjacent to an activating group) is 1. The number of aromatic nitrogens is 1. The summed E-state index contributed by atoms with van der Waals surface area (Å²) >= 11 is 0. The first-order valence-corrected chi connectivity index (χ1v) is 5.14. The van der Waals surface area contributed by atoms with Crippen LogP contribution in [0.3, 0.4) is 0 Å². The quantitative estimate of drug-likeness (QED) is 0.729. The minimum absolute atomic E-state index is 0.130. The van der Waals surface area contributed by atoms with E-state index in [1.165, 1.54) is 0 Å². The maximum Gasteiger partial charge on any atom is 0.224 e. The number of carbonyl (C=O) groups excluding carboxylic acids is 1. The van der Waals surface area contributed by atoms with Crippen LogP contribution >= 0.6 is 0 Å².